The van der Waals surface area contributed by atoms with Crippen LogP contribution in [0.5, 0.6) is 0 Å². The standard InChI is InChI=1S/C14H17NO5/c1-3-4-9-19-11(2)14(16)20-10-12-5-7-13(8-6-12)15(17)18/h3,5-8,11H,1,4,9-10H2,2H3. The minimum absolute atomic E-state index is 0.00111. The summed E-state index contributed by atoms with van der Waals surface area (Å²) < 4.78 is 10.3. The second-order valence-electron chi connectivity index (χ2n) is 4.12. The Morgan fingerprint density at radius 1 is 1.45 bits per heavy atom. The van der Waals surface area contributed by atoms with Crippen LogP contribution in [0, 0.1) is 10.1 Å². The van der Waals surface area contributed by atoms with Crippen molar-refractivity contribution in [2.24, 2.45) is 0 Å². The van der Waals surface area contributed by atoms with E-state index in [2.05, 4.69) is 6.58 Å². The normalized spacial score (nSPS) is 11.7. The SMILES string of the molecule is C=CCCOC(C)C(=O)OCc1ccc([N+](=O)[O-])cc1. The Balaban J connectivity index is 2.40. The summed E-state index contributed by atoms with van der Waals surface area (Å²) >= 11 is 0. The van der Waals surface area contributed by atoms with Gasteiger partial charge in [0.15, 0.2) is 6.10 Å². The van der Waals surface area contributed by atoms with Crippen LogP contribution in [0.4, 0.5) is 5.69 Å². The van der Waals surface area contributed by atoms with Crippen LogP contribution in [0.2, 0.25) is 0 Å². The molecule has 0 saturated heterocycles. The van der Waals surface area contributed by atoms with Crippen LogP contribution in [0.15, 0.2) is 36.9 Å². The molecule has 108 valence electrons. The Bertz CT molecular complexity index is 469. The summed E-state index contributed by atoms with van der Waals surface area (Å²) in [4.78, 5) is 21.6. The smallest absolute Gasteiger partial charge is 0.335 e. The lowest BCUT2D eigenvalue weighted by Gasteiger charge is -2.12. The predicted octanol–water partition coefficient (Wildman–Crippen LogP) is 2.62. The summed E-state index contributed by atoms with van der Waals surface area (Å²) in [6.45, 7) is 5.64. The Morgan fingerprint density at radius 2 is 2.10 bits per heavy atom. The zero-order chi connectivity index (χ0) is 15.0. The lowest BCUT2D eigenvalue weighted by atomic mass is 10.2. The highest BCUT2D eigenvalue weighted by Gasteiger charge is 2.14. The minimum Gasteiger partial charge on any atom is -0.459 e. The molecule has 20 heavy (non-hydrogen) atoms. The summed E-state index contributed by atoms with van der Waals surface area (Å²) in [6.07, 6.45) is 1.72. The first-order valence-electron chi connectivity index (χ1n) is 6.17. The molecule has 0 fully saturated rings. The van der Waals surface area contributed by atoms with E-state index >= 15 is 0 Å². The van der Waals surface area contributed by atoms with E-state index in [1.54, 1.807) is 25.1 Å². The van der Waals surface area contributed by atoms with Gasteiger partial charge in [-0.2, -0.15) is 0 Å². The molecule has 6 nitrogen and oxygen atoms in total. The van der Waals surface area contributed by atoms with Crippen molar-refractivity contribution in [2.75, 3.05) is 6.61 Å². The summed E-state index contributed by atoms with van der Waals surface area (Å²) in [5.41, 5.74) is 0.684. The average Bonchev–Trinajstić information content (AvgIpc) is 2.45. The Labute approximate surface area is 117 Å². The van der Waals surface area contributed by atoms with Gasteiger partial charge >= 0.3 is 5.97 Å². The van der Waals surface area contributed by atoms with E-state index < -0.39 is 17.0 Å². The highest BCUT2D eigenvalue weighted by atomic mass is 16.6. The number of carbonyl (C=O) groups excluding carboxylic acids is 1. The molecule has 1 aromatic carbocycles. The fraction of sp³-hybridized carbons (Fsp3) is 0.357. The van der Waals surface area contributed by atoms with Gasteiger partial charge < -0.3 is 9.47 Å². The molecule has 1 unspecified atom stereocenters. The van der Waals surface area contributed by atoms with Crippen molar-refractivity contribution in [1.82, 2.24) is 0 Å². The van der Waals surface area contributed by atoms with Crippen molar-refractivity contribution in [3.63, 3.8) is 0 Å². The third-order valence-electron chi connectivity index (χ3n) is 2.55. The van der Waals surface area contributed by atoms with Gasteiger partial charge in [0, 0.05) is 12.1 Å². The first-order chi connectivity index (χ1) is 9.54. The van der Waals surface area contributed by atoms with Gasteiger partial charge in [0.25, 0.3) is 5.69 Å². The minimum atomic E-state index is -0.645. The third-order valence-corrected chi connectivity index (χ3v) is 2.55. The highest BCUT2D eigenvalue weighted by molar-refractivity contribution is 5.74. The zero-order valence-corrected chi connectivity index (χ0v) is 11.3. The number of benzene rings is 1. The van der Waals surface area contributed by atoms with Crippen LogP contribution >= 0.6 is 0 Å². The van der Waals surface area contributed by atoms with Gasteiger partial charge in [-0.25, -0.2) is 4.79 Å². The lowest BCUT2D eigenvalue weighted by molar-refractivity contribution is -0.384. The van der Waals surface area contributed by atoms with E-state index in [1.165, 1.54) is 12.1 Å². The maximum Gasteiger partial charge on any atom is 0.335 e. The van der Waals surface area contributed by atoms with Crippen LogP contribution < -0.4 is 0 Å². The number of rotatable bonds is 8. The quantitative estimate of drug-likeness (QED) is 0.240. The van der Waals surface area contributed by atoms with Crippen LogP contribution in [0.3, 0.4) is 0 Å². The number of carbonyl (C=O) groups is 1. The summed E-state index contributed by atoms with van der Waals surface area (Å²) in [6, 6.07) is 5.84. The molecule has 1 aromatic rings. The average molecular weight is 279 g/mol. The number of nitro groups is 1. The van der Waals surface area contributed by atoms with Crippen LogP contribution in [0.1, 0.15) is 18.9 Å². The zero-order valence-electron chi connectivity index (χ0n) is 11.3. The molecule has 0 N–H and O–H groups in total. The van der Waals surface area contributed by atoms with Crippen molar-refractivity contribution in [3.05, 3.63) is 52.6 Å². The molecule has 0 aliphatic carbocycles. The first kappa shape index (κ1) is 15.8. The number of esters is 1. The molecule has 0 bridgehead atoms. The van der Waals surface area contributed by atoms with Crippen LogP contribution in [-0.4, -0.2) is 23.6 Å². The molecule has 0 aromatic heterocycles. The Hall–Kier alpha value is -2.21. The van der Waals surface area contributed by atoms with Crippen molar-refractivity contribution in [1.29, 1.82) is 0 Å². The summed E-state index contributed by atoms with van der Waals surface area (Å²) in [7, 11) is 0. The van der Waals surface area contributed by atoms with Gasteiger partial charge in [-0.05, 0) is 31.0 Å². The van der Waals surface area contributed by atoms with Crippen molar-refractivity contribution < 1.29 is 19.2 Å². The van der Waals surface area contributed by atoms with Gasteiger partial charge in [0.05, 0.1) is 11.5 Å². The van der Waals surface area contributed by atoms with Crippen molar-refractivity contribution >= 4 is 11.7 Å². The van der Waals surface area contributed by atoms with Gasteiger partial charge in [-0.3, -0.25) is 10.1 Å². The van der Waals surface area contributed by atoms with Gasteiger partial charge in [-0.1, -0.05) is 6.08 Å². The van der Waals surface area contributed by atoms with Crippen molar-refractivity contribution in [3.8, 4) is 0 Å². The fourth-order valence-electron chi connectivity index (χ4n) is 1.38. The topological polar surface area (TPSA) is 78.7 Å². The molecule has 1 rings (SSSR count). The number of non-ortho nitro benzene ring substituents is 1. The van der Waals surface area contributed by atoms with E-state index in [1.807, 2.05) is 0 Å². The molecule has 1 atom stereocenters. The van der Waals surface area contributed by atoms with E-state index in [9.17, 15) is 14.9 Å². The van der Waals surface area contributed by atoms with Crippen LogP contribution in [-0.2, 0) is 20.9 Å². The second kappa shape index (κ2) is 8.06. The largest absolute Gasteiger partial charge is 0.459 e. The summed E-state index contributed by atoms with van der Waals surface area (Å²) in [5, 5.41) is 10.5. The maximum absolute atomic E-state index is 11.6. The number of nitro benzene ring substituents is 1. The molecule has 0 radical (unpaired) electrons. The van der Waals surface area contributed by atoms with Gasteiger partial charge in [0.1, 0.15) is 6.61 Å². The molecular weight excluding hydrogens is 262 g/mol. The monoisotopic (exact) mass is 279 g/mol. The highest BCUT2D eigenvalue weighted by Crippen LogP contribution is 2.12. The van der Waals surface area contributed by atoms with Gasteiger partial charge in [0.2, 0.25) is 0 Å². The second-order valence-corrected chi connectivity index (χ2v) is 4.12. The molecule has 0 aliphatic heterocycles. The molecule has 0 amide bonds. The Morgan fingerprint density at radius 3 is 2.65 bits per heavy atom. The molecule has 0 saturated carbocycles. The number of hydrogen-bond acceptors (Lipinski definition) is 5. The Kier molecular flexibility index (Phi) is 6.39. The molecule has 0 heterocycles. The number of hydrogen-bond donors (Lipinski definition) is 0. The van der Waals surface area contributed by atoms with E-state index in [0.29, 0.717) is 18.6 Å². The predicted molar refractivity (Wildman–Crippen MR) is 73.1 cm³/mol. The van der Waals surface area contributed by atoms with E-state index in [4.69, 9.17) is 9.47 Å². The molecule has 0 spiro atoms. The number of ether oxygens (including phenoxy) is 2. The molecule has 6 heteroatoms. The maximum atomic E-state index is 11.6. The fourth-order valence-corrected chi connectivity index (χ4v) is 1.38. The van der Waals surface area contributed by atoms with E-state index in [-0.39, 0.29) is 12.3 Å². The van der Waals surface area contributed by atoms with Crippen molar-refractivity contribution in [2.45, 2.75) is 26.1 Å². The first-order valence-corrected chi connectivity index (χ1v) is 6.17. The van der Waals surface area contributed by atoms with E-state index in [0.717, 1.165) is 0 Å². The van der Waals surface area contributed by atoms with Gasteiger partial charge in [-0.15, -0.1) is 6.58 Å². The lowest BCUT2D eigenvalue weighted by Crippen LogP contribution is -2.23. The van der Waals surface area contributed by atoms with Crippen LogP contribution in [0.25, 0.3) is 0 Å². The molecule has 0 aliphatic rings. The number of nitrogens with zero attached hydrogens (tertiary/aromatic N) is 1. The molecular formula is C14H17NO5. The third kappa shape index (κ3) is 5.19. The summed E-state index contributed by atoms with van der Waals surface area (Å²) in [5.74, 6) is -0.465.